The van der Waals surface area contributed by atoms with Crippen LogP contribution in [-0.4, -0.2) is 9.97 Å². The van der Waals surface area contributed by atoms with Gasteiger partial charge in [-0.15, -0.1) is 11.3 Å². The molecule has 0 fully saturated rings. The molecule has 0 spiro atoms. The summed E-state index contributed by atoms with van der Waals surface area (Å²) >= 11 is 1.85. The van der Waals surface area contributed by atoms with Crippen molar-refractivity contribution >= 4 is 64.4 Å². The Bertz CT molecular complexity index is 2480. The van der Waals surface area contributed by atoms with Crippen molar-refractivity contribution in [1.82, 2.24) is 9.97 Å². The minimum Gasteiger partial charge on any atom is -0.451 e. The first kappa shape index (κ1) is 23.4. The number of hydrogen-bond donors (Lipinski definition) is 0. The zero-order valence-electron chi connectivity index (χ0n) is 22.4. The molecule has 0 saturated carbocycles. The van der Waals surface area contributed by atoms with Gasteiger partial charge in [0.1, 0.15) is 23.1 Å². The summed E-state index contributed by atoms with van der Waals surface area (Å²) in [4.78, 5) is 9.45. The second-order valence-electron chi connectivity index (χ2n) is 10.6. The number of para-hydroxylation sites is 1. The molecule has 3 heterocycles. The van der Waals surface area contributed by atoms with E-state index in [1.807, 2.05) is 11.3 Å². The summed E-state index contributed by atoms with van der Waals surface area (Å²) in [6, 6.07) is 45.0. The van der Waals surface area contributed by atoms with Crippen LogP contribution in [0.3, 0.4) is 0 Å². The fraction of sp³-hybridized carbons (Fsp3) is 0. The first-order valence-corrected chi connectivity index (χ1v) is 14.8. The van der Waals surface area contributed by atoms with Crippen LogP contribution in [0.4, 0.5) is 0 Å². The van der Waals surface area contributed by atoms with Gasteiger partial charge in [-0.05, 0) is 45.7 Å². The van der Waals surface area contributed by atoms with Gasteiger partial charge in [0.2, 0.25) is 0 Å². The Morgan fingerprint density at radius 3 is 2.14 bits per heavy atom. The molecular weight excluding hydrogens is 532 g/mol. The third-order valence-corrected chi connectivity index (χ3v) is 9.43. The molecule has 3 nitrogen and oxygen atoms in total. The van der Waals surface area contributed by atoms with Crippen molar-refractivity contribution in [3.8, 4) is 33.5 Å². The van der Waals surface area contributed by atoms with E-state index in [1.54, 1.807) is 6.33 Å². The molecule has 0 atom stereocenters. The second kappa shape index (κ2) is 9.10. The van der Waals surface area contributed by atoms with Gasteiger partial charge in [0.05, 0.1) is 0 Å². The van der Waals surface area contributed by atoms with Crippen molar-refractivity contribution in [3.05, 3.63) is 134 Å². The van der Waals surface area contributed by atoms with Crippen LogP contribution in [-0.2, 0) is 0 Å². The van der Waals surface area contributed by atoms with E-state index >= 15 is 0 Å². The van der Waals surface area contributed by atoms with Crippen molar-refractivity contribution in [2.75, 3.05) is 0 Å². The Labute approximate surface area is 245 Å². The summed E-state index contributed by atoms with van der Waals surface area (Å²) in [6.07, 6.45) is 1.65. The largest absolute Gasteiger partial charge is 0.451 e. The van der Waals surface area contributed by atoms with Crippen LogP contribution in [0, 0.1) is 0 Å². The molecule has 9 aromatic rings. The predicted molar refractivity (Wildman–Crippen MR) is 176 cm³/mol. The Morgan fingerprint density at radius 2 is 1.19 bits per heavy atom. The summed E-state index contributed by atoms with van der Waals surface area (Å²) in [5.41, 5.74) is 8.74. The lowest BCUT2D eigenvalue weighted by atomic mass is 9.97. The molecule has 0 unspecified atom stereocenters. The lowest BCUT2D eigenvalue weighted by Crippen LogP contribution is -1.87. The van der Waals surface area contributed by atoms with Gasteiger partial charge in [0.25, 0.3) is 0 Å². The first-order chi connectivity index (χ1) is 20.8. The van der Waals surface area contributed by atoms with Gasteiger partial charge in [-0.3, -0.25) is 0 Å². The number of aromatic nitrogens is 2. The standard InChI is InChI=1S/C38H22N2OS/c1-2-13-26-23(9-1)10-6-16-28(26)30-17-8-19-32-35-37(41-36(30)32)34(39-22-40-35)25-12-5-11-24(21-25)27-15-7-18-31-29-14-3-4-20-33(29)42-38(27)31/h1-22H. The summed E-state index contributed by atoms with van der Waals surface area (Å²) < 4.78 is 9.31. The smallest absolute Gasteiger partial charge is 0.180 e. The molecular formula is C38H22N2OS. The van der Waals surface area contributed by atoms with Gasteiger partial charge in [-0.25, -0.2) is 9.97 Å². The molecule has 0 amide bonds. The summed E-state index contributed by atoms with van der Waals surface area (Å²) in [5, 5.41) is 5.99. The number of furan rings is 1. The highest BCUT2D eigenvalue weighted by Gasteiger charge is 2.19. The first-order valence-electron chi connectivity index (χ1n) is 14.0. The van der Waals surface area contributed by atoms with Crippen LogP contribution in [0.1, 0.15) is 0 Å². The minimum absolute atomic E-state index is 0.706. The number of hydrogen-bond acceptors (Lipinski definition) is 4. The highest BCUT2D eigenvalue weighted by atomic mass is 32.1. The van der Waals surface area contributed by atoms with Crippen LogP contribution in [0.15, 0.2) is 138 Å². The van der Waals surface area contributed by atoms with Crippen LogP contribution in [0.25, 0.3) is 86.5 Å². The molecule has 196 valence electrons. The highest BCUT2D eigenvalue weighted by Crippen LogP contribution is 2.42. The maximum absolute atomic E-state index is 6.71. The van der Waals surface area contributed by atoms with Crippen LogP contribution in [0.5, 0.6) is 0 Å². The van der Waals surface area contributed by atoms with Crippen molar-refractivity contribution < 1.29 is 4.42 Å². The normalized spacial score (nSPS) is 11.8. The fourth-order valence-electron chi connectivity index (χ4n) is 6.28. The number of nitrogens with zero attached hydrogens (tertiary/aromatic N) is 2. The number of fused-ring (bicyclic) bond motifs is 7. The Morgan fingerprint density at radius 1 is 0.500 bits per heavy atom. The zero-order chi connectivity index (χ0) is 27.6. The molecule has 4 heteroatoms. The molecule has 6 aromatic carbocycles. The predicted octanol–water partition coefficient (Wildman–Crippen LogP) is 10.9. The molecule has 0 bridgehead atoms. The Hall–Kier alpha value is -5.32. The molecule has 42 heavy (non-hydrogen) atoms. The lowest BCUT2D eigenvalue weighted by Gasteiger charge is -2.07. The quantitative estimate of drug-likeness (QED) is 0.218. The maximum Gasteiger partial charge on any atom is 0.180 e. The van der Waals surface area contributed by atoms with Gasteiger partial charge in [-0.2, -0.15) is 0 Å². The summed E-state index contributed by atoms with van der Waals surface area (Å²) in [6.45, 7) is 0. The number of benzene rings is 6. The molecule has 0 saturated heterocycles. The van der Waals surface area contributed by atoms with E-state index in [0.717, 1.165) is 44.4 Å². The molecule has 0 aliphatic rings. The van der Waals surface area contributed by atoms with E-state index in [4.69, 9.17) is 14.4 Å². The highest BCUT2D eigenvalue weighted by molar-refractivity contribution is 7.26. The van der Waals surface area contributed by atoms with Gasteiger partial charge >= 0.3 is 0 Å². The SMILES string of the molecule is c1cc(-c2ncnc3c2oc2c(-c4cccc5ccccc45)cccc23)cc(-c2cccc3c2sc2ccccc23)c1. The third-order valence-electron chi connectivity index (χ3n) is 8.21. The van der Waals surface area contributed by atoms with Crippen molar-refractivity contribution in [2.24, 2.45) is 0 Å². The fourth-order valence-corrected chi connectivity index (χ4v) is 7.52. The van der Waals surface area contributed by atoms with Crippen LogP contribution >= 0.6 is 11.3 Å². The van der Waals surface area contributed by atoms with E-state index in [1.165, 1.54) is 36.5 Å². The minimum atomic E-state index is 0.706. The van der Waals surface area contributed by atoms with Gasteiger partial charge in [-0.1, -0.05) is 109 Å². The molecule has 0 aliphatic carbocycles. The average molecular weight is 555 g/mol. The maximum atomic E-state index is 6.71. The summed E-state index contributed by atoms with van der Waals surface area (Å²) in [7, 11) is 0. The van der Waals surface area contributed by atoms with Crippen molar-refractivity contribution in [3.63, 3.8) is 0 Å². The van der Waals surface area contributed by atoms with Gasteiger partial charge < -0.3 is 4.42 Å². The van der Waals surface area contributed by atoms with Crippen LogP contribution < -0.4 is 0 Å². The molecule has 0 radical (unpaired) electrons. The van der Waals surface area contributed by atoms with E-state index in [0.29, 0.717) is 5.58 Å². The molecule has 3 aromatic heterocycles. The van der Waals surface area contributed by atoms with E-state index in [2.05, 4.69) is 127 Å². The van der Waals surface area contributed by atoms with Crippen LogP contribution in [0.2, 0.25) is 0 Å². The zero-order valence-corrected chi connectivity index (χ0v) is 23.2. The Balaban J connectivity index is 1.24. The van der Waals surface area contributed by atoms with E-state index in [9.17, 15) is 0 Å². The number of thiophene rings is 1. The topological polar surface area (TPSA) is 38.9 Å². The van der Waals surface area contributed by atoms with Gasteiger partial charge in [0, 0.05) is 36.7 Å². The molecule has 0 aliphatic heterocycles. The number of rotatable bonds is 3. The van der Waals surface area contributed by atoms with Crippen molar-refractivity contribution in [1.29, 1.82) is 0 Å². The monoisotopic (exact) mass is 554 g/mol. The van der Waals surface area contributed by atoms with Gasteiger partial charge in [0.15, 0.2) is 5.58 Å². The van der Waals surface area contributed by atoms with Crippen molar-refractivity contribution in [2.45, 2.75) is 0 Å². The molecule has 9 rings (SSSR count). The van der Waals surface area contributed by atoms with E-state index in [-0.39, 0.29) is 0 Å². The second-order valence-corrected chi connectivity index (χ2v) is 11.6. The lowest BCUT2D eigenvalue weighted by molar-refractivity contribution is 0.668. The summed E-state index contributed by atoms with van der Waals surface area (Å²) in [5.74, 6) is 0. The van der Waals surface area contributed by atoms with E-state index < -0.39 is 0 Å². The molecule has 0 N–H and O–H groups in total. The average Bonchev–Trinajstić information content (AvgIpc) is 3.63. The third kappa shape index (κ3) is 3.46. The Kier molecular flexibility index (Phi) is 5.07.